The van der Waals surface area contributed by atoms with Gasteiger partial charge in [-0.05, 0) is 44.9 Å². The molecule has 1 fully saturated rings. The molecular formula is C54H99NO10. The molecule has 0 aromatic rings. The Morgan fingerprint density at radius 1 is 0.600 bits per heavy atom. The maximum atomic E-state index is 13.3. The van der Waals surface area contributed by atoms with Gasteiger partial charge in [0, 0.05) is 6.42 Å². The van der Waals surface area contributed by atoms with E-state index in [4.69, 9.17) is 14.2 Å². The molecule has 1 aliphatic rings. The van der Waals surface area contributed by atoms with Gasteiger partial charge >= 0.3 is 5.97 Å². The van der Waals surface area contributed by atoms with Crippen LogP contribution in [0.25, 0.3) is 0 Å². The number of aliphatic hydroxyl groups is 5. The van der Waals surface area contributed by atoms with E-state index in [2.05, 4.69) is 38.2 Å². The quantitative estimate of drug-likeness (QED) is 0.0196. The fourth-order valence-corrected chi connectivity index (χ4v) is 8.23. The maximum Gasteiger partial charge on any atom is 0.306 e. The average molecular weight is 922 g/mol. The van der Waals surface area contributed by atoms with E-state index in [-0.39, 0.29) is 13.0 Å². The van der Waals surface area contributed by atoms with Gasteiger partial charge in [-0.25, -0.2) is 0 Å². The van der Waals surface area contributed by atoms with Crippen LogP contribution in [0.3, 0.4) is 0 Å². The van der Waals surface area contributed by atoms with Crippen LogP contribution < -0.4 is 5.32 Å². The zero-order chi connectivity index (χ0) is 47.6. The molecule has 0 bridgehead atoms. The Hall–Kier alpha value is -2.12. The molecule has 0 aliphatic carbocycles. The topological polar surface area (TPSA) is 175 Å². The van der Waals surface area contributed by atoms with Gasteiger partial charge < -0.3 is 45.1 Å². The second-order valence-electron chi connectivity index (χ2n) is 18.6. The van der Waals surface area contributed by atoms with Crippen molar-refractivity contribution in [1.82, 2.24) is 5.32 Å². The third-order valence-electron chi connectivity index (χ3n) is 12.6. The molecule has 0 aromatic heterocycles. The van der Waals surface area contributed by atoms with Crippen molar-refractivity contribution in [3.8, 4) is 0 Å². The number of ether oxygens (including phenoxy) is 3. The van der Waals surface area contributed by atoms with Gasteiger partial charge in [0.15, 0.2) is 12.4 Å². The molecule has 1 aliphatic heterocycles. The van der Waals surface area contributed by atoms with Gasteiger partial charge in [-0.15, -0.1) is 0 Å². The van der Waals surface area contributed by atoms with Crippen molar-refractivity contribution < 1.29 is 49.3 Å². The Bertz CT molecular complexity index is 1200. The van der Waals surface area contributed by atoms with Crippen LogP contribution in [-0.4, -0.2) is 99.6 Å². The molecule has 65 heavy (non-hydrogen) atoms. The molecule has 1 amide bonds. The van der Waals surface area contributed by atoms with E-state index in [0.717, 1.165) is 51.4 Å². The van der Waals surface area contributed by atoms with Crippen LogP contribution in [0, 0.1) is 0 Å². The zero-order valence-electron chi connectivity index (χ0n) is 41.6. The lowest BCUT2D eigenvalue weighted by Crippen LogP contribution is -2.61. The largest absolute Gasteiger partial charge is 0.454 e. The smallest absolute Gasteiger partial charge is 0.306 e. The monoisotopic (exact) mass is 922 g/mol. The molecule has 1 rings (SSSR count). The van der Waals surface area contributed by atoms with Gasteiger partial charge in [0.2, 0.25) is 5.91 Å². The Morgan fingerprint density at radius 2 is 1.06 bits per heavy atom. The molecule has 0 radical (unpaired) electrons. The highest BCUT2D eigenvalue weighted by atomic mass is 16.7. The van der Waals surface area contributed by atoms with Crippen molar-refractivity contribution in [1.29, 1.82) is 0 Å². The normalized spacial score (nSPS) is 20.5. The van der Waals surface area contributed by atoms with E-state index >= 15 is 0 Å². The Balaban J connectivity index is 2.80. The summed E-state index contributed by atoms with van der Waals surface area (Å²) >= 11 is 0. The summed E-state index contributed by atoms with van der Waals surface area (Å²) in [5.41, 5.74) is 0. The molecule has 0 spiro atoms. The van der Waals surface area contributed by atoms with E-state index < -0.39 is 67.4 Å². The van der Waals surface area contributed by atoms with Crippen LogP contribution in [0.15, 0.2) is 36.5 Å². The van der Waals surface area contributed by atoms with Gasteiger partial charge in [0.25, 0.3) is 0 Å². The molecule has 11 heteroatoms. The number of esters is 1. The SMILES string of the molecule is CCCCCCCC/C=C\C/C=C/CCC(=O)OC1C(OCC(NC(=O)C(O)CCCCCCCCCCCCCC)C(O)/C=C/CCCCCCCCCCC)OC(CO)C(O)C1O. The lowest BCUT2D eigenvalue weighted by Gasteiger charge is -2.41. The third kappa shape index (κ3) is 32.3. The lowest BCUT2D eigenvalue weighted by molar-refractivity contribution is -0.305. The summed E-state index contributed by atoms with van der Waals surface area (Å²) < 4.78 is 17.4. The molecule has 380 valence electrons. The highest BCUT2D eigenvalue weighted by Gasteiger charge is 2.47. The second kappa shape index (κ2) is 43.2. The summed E-state index contributed by atoms with van der Waals surface area (Å²) in [6.07, 6.45) is 37.8. The Morgan fingerprint density at radius 3 is 1.57 bits per heavy atom. The highest BCUT2D eigenvalue weighted by molar-refractivity contribution is 5.80. The van der Waals surface area contributed by atoms with Crippen molar-refractivity contribution in [3.05, 3.63) is 36.5 Å². The van der Waals surface area contributed by atoms with Crippen molar-refractivity contribution in [2.75, 3.05) is 13.2 Å². The second-order valence-corrected chi connectivity index (χ2v) is 18.6. The molecule has 6 N–H and O–H groups in total. The number of carbonyl (C=O) groups excluding carboxylic acids is 2. The summed E-state index contributed by atoms with van der Waals surface area (Å²) in [6.45, 7) is 5.71. The van der Waals surface area contributed by atoms with Gasteiger partial charge in [0.1, 0.15) is 24.4 Å². The minimum atomic E-state index is -1.63. The van der Waals surface area contributed by atoms with Crippen molar-refractivity contribution in [2.45, 2.75) is 282 Å². The standard InChI is InChI=1S/C54H99NO10/c1-4-7-10-13-16-19-22-24-27-30-33-36-39-42-49(59)65-52-51(61)50(60)48(43-56)64-54(52)63-44-45(46(57)40-37-34-31-28-25-21-18-15-12-9-6-3)55-53(62)47(58)41-38-35-32-29-26-23-20-17-14-11-8-5-2/h24,27,33,36-37,40,45-48,50-52,54,56-58,60-61H,4-23,25-26,28-32,34-35,38-39,41-44H2,1-3H3,(H,55,62)/b27-24-,36-33+,40-37+. The third-order valence-corrected chi connectivity index (χ3v) is 12.6. The predicted octanol–water partition coefficient (Wildman–Crippen LogP) is 11.2. The van der Waals surface area contributed by atoms with Gasteiger partial charge in [-0.1, -0.05) is 218 Å². The van der Waals surface area contributed by atoms with Crippen LogP contribution >= 0.6 is 0 Å². The van der Waals surface area contributed by atoms with E-state index in [1.165, 1.54) is 135 Å². The minimum Gasteiger partial charge on any atom is -0.454 e. The van der Waals surface area contributed by atoms with Crippen LogP contribution in [0.5, 0.6) is 0 Å². The first-order valence-electron chi connectivity index (χ1n) is 26.8. The summed E-state index contributed by atoms with van der Waals surface area (Å²) in [7, 11) is 0. The molecule has 1 heterocycles. The predicted molar refractivity (Wildman–Crippen MR) is 264 cm³/mol. The number of hydrogen-bond acceptors (Lipinski definition) is 10. The average Bonchev–Trinajstić information content (AvgIpc) is 3.30. The van der Waals surface area contributed by atoms with Crippen LogP contribution in [-0.2, 0) is 23.8 Å². The van der Waals surface area contributed by atoms with Gasteiger partial charge in [-0.2, -0.15) is 0 Å². The number of allylic oxidation sites excluding steroid dienone is 5. The van der Waals surface area contributed by atoms with E-state index in [0.29, 0.717) is 19.3 Å². The molecule has 1 saturated heterocycles. The fraction of sp³-hybridized carbons (Fsp3) is 0.852. The number of carbonyl (C=O) groups is 2. The molecule has 0 saturated carbocycles. The van der Waals surface area contributed by atoms with E-state index in [9.17, 15) is 35.1 Å². The number of hydrogen-bond donors (Lipinski definition) is 6. The molecule has 0 aromatic carbocycles. The number of nitrogens with one attached hydrogen (secondary N) is 1. The number of amides is 1. The number of aliphatic hydroxyl groups excluding tert-OH is 5. The molecule has 11 nitrogen and oxygen atoms in total. The van der Waals surface area contributed by atoms with Crippen molar-refractivity contribution >= 4 is 11.9 Å². The first-order chi connectivity index (χ1) is 31.7. The highest BCUT2D eigenvalue weighted by Crippen LogP contribution is 2.26. The van der Waals surface area contributed by atoms with E-state index in [1.807, 2.05) is 18.2 Å². The lowest BCUT2D eigenvalue weighted by atomic mass is 9.99. The number of rotatable bonds is 44. The molecule has 8 atom stereocenters. The van der Waals surface area contributed by atoms with Crippen molar-refractivity contribution in [2.24, 2.45) is 0 Å². The van der Waals surface area contributed by atoms with E-state index in [1.54, 1.807) is 6.08 Å². The fourth-order valence-electron chi connectivity index (χ4n) is 8.23. The minimum absolute atomic E-state index is 0.0195. The number of unbranched alkanes of at least 4 members (excludes halogenated alkanes) is 26. The van der Waals surface area contributed by atoms with Crippen LogP contribution in [0.4, 0.5) is 0 Å². The van der Waals surface area contributed by atoms with Gasteiger partial charge in [-0.3, -0.25) is 9.59 Å². The zero-order valence-corrected chi connectivity index (χ0v) is 41.6. The Labute approximate surface area is 396 Å². The van der Waals surface area contributed by atoms with Crippen LogP contribution in [0.2, 0.25) is 0 Å². The Kier molecular flexibility index (Phi) is 40.5. The summed E-state index contributed by atoms with van der Waals surface area (Å²) in [4.78, 5) is 26.3. The first kappa shape index (κ1) is 60.9. The summed E-state index contributed by atoms with van der Waals surface area (Å²) in [5, 5.41) is 56.5. The summed E-state index contributed by atoms with van der Waals surface area (Å²) in [6, 6.07) is -1.03. The first-order valence-corrected chi connectivity index (χ1v) is 26.8. The molecule has 8 unspecified atom stereocenters. The summed E-state index contributed by atoms with van der Waals surface area (Å²) in [5.74, 6) is -1.26. The molecular weight excluding hydrogens is 823 g/mol. The van der Waals surface area contributed by atoms with Crippen LogP contribution in [0.1, 0.15) is 233 Å². The maximum absolute atomic E-state index is 13.3. The van der Waals surface area contributed by atoms with Gasteiger partial charge in [0.05, 0.1) is 25.4 Å². The van der Waals surface area contributed by atoms with Crippen molar-refractivity contribution in [3.63, 3.8) is 0 Å².